The molecule has 0 saturated carbocycles. The van der Waals surface area contributed by atoms with E-state index in [0.717, 1.165) is 83.9 Å². The molecule has 2 aliphatic heterocycles. The van der Waals surface area contributed by atoms with Crippen molar-refractivity contribution in [2.75, 3.05) is 10.2 Å². The number of nitrogens with one attached hydrogen (secondary N) is 1. The number of nitrogens with zero attached hydrogens (tertiary/aromatic N) is 1. The van der Waals surface area contributed by atoms with Crippen molar-refractivity contribution in [1.82, 2.24) is 0 Å². The Morgan fingerprint density at radius 3 is 2.10 bits per heavy atom. The lowest BCUT2D eigenvalue weighted by atomic mass is 9.55. The zero-order valence-electron chi connectivity index (χ0n) is 33.9. The number of hydrogen-bond donors (Lipinski definition) is 1. The molecule has 9 aromatic rings. The molecule has 7 aromatic carbocycles. The molecule has 0 unspecified atom stereocenters. The van der Waals surface area contributed by atoms with Gasteiger partial charge in [-0.2, -0.15) is 0 Å². The number of benzene rings is 7. The van der Waals surface area contributed by atoms with Gasteiger partial charge in [-0.1, -0.05) is 126 Å². The van der Waals surface area contributed by atoms with Crippen LogP contribution >= 0.6 is 0 Å². The highest BCUT2D eigenvalue weighted by atomic mass is 16.3. The number of hydrogen-bond acceptors (Lipinski definition) is 4. The quantitative estimate of drug-likeness (QED) is 0.183. The second-order valence-corrected chi connectivity index (χ2v) is 18.6. The van der Waals surface area contributed by atoms with Gasteiger partial charge in [-0.3, -0.25) is 0 Å². The van der Waals surface area contributed by atoms with E-state index in [0.29, 0.717) is 0 Å². The SMILES string of the molecule is CC1(C)CCC(C)(C)c2cc(Nc3c(-c4c5c(cc6c4oc4ccccc46)N4c6ccccc6C(C)(C)c6cccc(c64)[B]5)ccc4oc5ccccc5c34)ccc21. The Balaban J connectivity index is 1.19. The molecule has 1 N–H and O–H groups in total. The average molecular weight is 752 g/mol. The topological polar surface area (TPSA) is 41.6 Å². The summed E-state index contributed by atoms with van der Waals surface area (Å²) in [7, 11) is 2.40. The summed E-state index contributed by atoms with van der Waals surface area (Å²) in [6.07, 6.45) is 2.33. The summed E-state index contributed by atoms with van der Waals surface area (Å²) in [5.74, 6) is 0. The van der Waals surface area contributed by atoms with Crippen LogP contribution in [0.1, 0.15) is 76.6 Å². The fourth-order valence-electron chi connectivity index (χ4n) is 10.7. The molecule has 12 rings (SSSR count). The number of para-hydroxylation sites is 4. The van der Waals surface area contributed by atoms with Crippen molar-refractivity contribution in [3.8, 4) is 11.1 Å². The van der Waals surface area contributed by atoms with Gasteiger partial charge in [0, 0.05) is 49.8 Å². The maximum atomic E-state index is 7.02. The van der Waals surface area contributed by atoms with Gasteiger partial charge in [0.15, 0.2) is 7.28 Å². The molecular formula is C53H44BN2O2. The molecule has 0 amide bonds. The number of rotatable bonds is 3. The molecule has 4 nitrogen and oxygen atoms in total. The lowest BCUT2D eigenvalue weighted by Gasteiger charge is -2.46. The van der Waals surface area contributed by atoms with Crippen LogP contribution in [0.3, 0.4) is 0 Å². The minimum atomic E-state index is -0.165. The summed E-state index contributed by atoms with van der Waals surface area (Å²) >= 11 is 0. The monoisotopic (exact) mass is 751 g/mol. The molecule has 3 aliphatic rings. The molecule has 5 heteroatoms. The predicted octanol–water partition coefficient (Wildman–Crippen LogP) is 13.3. The predicted molar refractivity (Wildman–Crippen MR) is 243 cm³/mol. The number of furan rings is 2. The van der Waals surface area contributed by atoms with Crippen molar-refractivity contribution >= 4 is 90.5 Å². The number of anilines is 5. The lowest BCUT2D eigenvalue weighted by molar-refractivity contribution is 0.332. The van der Waals surface area contributed by atoms with Crippen LogP contribution in [-0.2, 0) is 16.2 Å². The van der Waals surface area contributed by atoms with Crippen LogP contribution in [0, 0.1) is 0 Å². The van der Waals surface area contributed by atoms with Gasteiger partial charge in [0.1, 0.15) is 22.3 Å². The summed E-state index contributed by atoms with van der Waals surface area (Å²) in [5, 5.41) is 8.43. The Morgan fingerprint density at radius 2 is 1.28 bits per heavy atom. The molecule has 281 valence electrons. The second kappa shape index (κ2) is 11.5. The molecule has 1 aliphatic carbocycles. The summed E-state index contributed by atoms with van der Waals surface area (Å²) in [4.78, 5) is 2.53. The molecular weight excluding hydrogens is 707 g/mol. The van der Waals surface area contributed by atoms with Crippen molar-refractivity contribution in [3.05, 3.63) is 150 Å². The fourth-order valence-corrected chi connectivity index (χ4v) is 10.7. The molecule has 1 radical (unpaired) electrons. The van der Waals surface area contributed by atoms with Crippen LogP contribution in [0.4, 0.5) is 28.4 Å². The maximum absolute atomic E-state index is 7.02. The molecule has 0 fully saturated rings. The summed E-state index contributed by atoms with van der Waals surface area (Å²) < 4.78 is 13.6. The molecule has 0 saturated heterocycles. The van der Waals surface area contributed by atoms with E-state index in [2.05, 4.69) is 186 Å². The first-order valence-corrected chi connectivity index (χ1v) is 20.7. The molecule has 58 heavy (non-hydrogen) atoms. The third kappa shape index (κ3) is 4.53. The van der Waals surface area contributed by atoms with Crippen molar-refractivity contribution < 1.29 is 8.83 Å². The van der Waals surface area contributed by atoms with E-state index >= 15 is 0 Å². The van der Waals surface area contributed by atoms with Gasteiger partial charge in [-0.05, 0) is 99.9 Å². The average Bonchev–Trinajstić information content (AvgIpc) is 3.79. The molecule has 0 spiro atoms. The summed E-state index contributed by atoms with van der Waals surface area (Å²) in [6.45, 7) is 14.3. The van der Waals surface area contributed by atoms with Gasteiger partial charge in [0.2, 0.25) is 0 Å². The molecule has 0 bridgehead atoms. The largest absolute Gasteiger partial charge is 0.456 e. The van der Waals surface area contributed by atoms with Crippen LogP contribution in [0.15, 0.2) is 136 Å². The smallest absolute Gasteiger partial charge is 0.198 e. The van der Waals surface area contributed by atoms with E-state index in [9.17, 15) is 0 Å². The van der Waals surface area contributed by atoms with Crippen LogP contribution < -0.4 is 21.1 Å². The Hall–Kier alpha value is -6.20. The van der Waals surface area contributed by atoms with Gasteiger partial charge in [-0.15, -0.1) is 0 Å². The highest BCUT2D eigenvalue weighted by molar-refractivity contribution is 6.74. The van der Waals surface area contributed by atoms with E-state index in [1.165, 1.54) is 45.5 Å². The minimum absolute atomic E-state index is 0.0686. The first-order chi connectivity index (χ1) is 28.0. The standard InChI is InChI=1S/C53H44BN2O2/c1-51(2)26-27-52(3,4)38-28-30(22-24-35(38)51)55-48-33(23-25-44-45(48)32-15-8-12-21-43(32)57-44)46-47-41(29-34-31-14-7-11-20-42(31)58-50(34)46)56-40-19-10-9-16-36(40)53(5,6)37-17-13-18-39(54-47)49(37)56/h7-25,28-29,55H,26-27H2,1-6H3. The van der Waals surface area contributed by atoms with Crippen molar-refractivity contribution in [1.29, 1.82) is 0 Å². The Morgan fingerprint density at radius 1 is 0.569 bits per heavy atom. The van der Waals surface area contributed by atoms with Crippen molar-refractivity contribution in [2.45, 2.75) is 70.6 Å². The highest BCUT2D eigenvalue weighted by Crippen LogP contribution is 2.54. The Bertz CT molecular complexity index is 3230. The molecule has 2 aromatic heterocycles. The van der Waals surface area contributed by atoms with E-state index in [1.807, 2.05) is 0 Å². The maximum Gasteiger partial charge on any atom is 0.198 e. The van der Waals surface area contributed by atoms with Crippen LogP contribution in [0.5, 0.6) is 0 Å². The summed E-state index contributed by atoms with van der Waals surface area (Å²) in [6, 6.07) is 46.5. The third-order valence-electron chi connectivity index (χ3n) is 13.9. The fraction of sp³-hybridized carbons (Fsp3) is 0.208. The van der Waals surface area contributed by atoms with Gasteiger partial charge >= 0.3 is 0 Å². The normalized spacial score (nSPS) is 16.8. The Labute approximate surface area is 339 Å². The third-order valence-corrected chi connectivity index (χ3v) is 13.9. The highest BCUT2D eigenvalue weighted by Gasteiger charge is 2.42. The van der Waals surface area contributed by atoms with Crippen molar-refractivity contribution in [3.63, 3.8) is 0 Å². The zero-order chi connectivity index (χ0) is 39.3. The number of fused-ring (bicyclic) bond motifs is 11. The van der Waals surface area contributed by atoms with E-state index < -0.39 is 0 Å². The summed E-state index contributed by atoms with van der Waals surface area (Å²) in [5.41, 5.74) is 19.2. The van der Waals surface area contributed by atoms with Crippen LogP contribution in [0.2, 0.25) is 0 Å². The van der Waals surface area contributed by atoms with E-state index in [1.54, 1.807) is 0 Å². The van der Waals surface area contributed by atoms with Gasteiger partial charge in [0.05, 0.1) is 16.8 Å². The molecule has 0 atom stereocenters. The zero-order valence-corrected chi connectivity index (χ0v) is 33.9. The van der Waals surface area contributed by atoms with E-state index in [4.69, 9.17) is 8.83 Å². The minimum Gasteiger partial charge on any atom is -0.456 e. The van der Waals surface area contributed by atoms with Gasteiger partial charge in [-0.25, -0.2) is 0 Å². The first kappa shape index (κ1) is 33.9. The first-order valence-electron chi connectivity index (χ1n) is 20.7. The van der Waals surface area contributed by atoms with Gasteiger partial charge < -0.3 is 19.1 Å². The Kier molecular flexibility index (Phi) is 6.71. The van der Waals surface area contributed by atoms with Gasteiger partial charge in [0.25, 0.3) is 0 Å². The second-order valence-electron chi connectivity index (χ2n) is 18.6. The van der Waals surface area contributed by atoms with Crippen molar-refractivity contribution in [2.24, 2.45) is 0 Å². The van der Waals surface area contributed by atoms with E-state index in [-0.39, 0.29) is 16.2 Å². The van der Waals surface area contributed by atoms with Crippen LogP contribution in [0.25, 0.3) is 55.0 Å². The lowest BCUT2D eigenvalue weighted by Crippen LogP contribution is -2.45. The van der Waals surface area contributed by atoms with Crippen LogP contribution in [-0.4, -0.2) is 7.28 Å². The molecule has 4 heterocycles.